The number of carboxylic acid groups (broad SMARTS) is 1. The van der Waals surface area contributed by atoms with Crippen molar-refractivity contribution in [3.8, 4) is 5.75 Å². The van der Waals surface area contributed by atoms with Crippen LogP contribution < -0.4 is 44.7 Å². The molecular weight excluding hydrogens is 393 g/mol. The number of unbranched alkanes of at least 4 members (excludes halogenated alkanes) is 9. The third-order valence-corrected chi connectivity index (χ3v) is 4.91. The molecule has 0 bridgehead atoms. The van der Waals surface area contributed by atoms with Gasteiger partial charge in [-0.3, -0.25) is 4.79 Å². The Labute approximate surface area is 203 Å². The molecule has 1 rings (SSSR count). The molecule has 1 aromatic carbocycles. The number of aliphatic hydroxyl groups is 1. The number of amides is 1. The van der Waals surface area contributed by atoms with Gasteiger partial charge in [-0.05, 0) is 37.6 Å². The number of hydrogen-bond donors (Lipinski definition) is 2. The van der Waals surface area contributed by atoms with E-state index in [1.807, 2.05) is 0 Å². The van der Waals surface area contributed by atoms with Crippen LogP contribution in [0.3, 0.4) is 0 Å². The molecule has 30 heavy (non-hydrogen) atoms. The summed E-state index contributed by atoms with van der Waals surface area (Å²) in [6.07, 6.45) is 11.5. The van der Waals surface area contributed by atoms with E-state index in [1.165, 1.54) is 58.3 Å². The van der Waals surface area contributed by atoms with Crippen LogP contribution >= 0.6 is 0 Å². The van der Waals surface area contributed by atoms with E-state index in [-0.39, 0.29) is 29.6 Å². The van der Waals surface area contributed by atoms with E-state index < -0.39 is 24.0 Å². The van der Waals surface area contributed by atoms with Gasteiger partial charge in [-0.1, -0.05) is 64.7 Å². The monoisotopic (exact) mass is 429 g/mol. The van der Waals surface area contributed by atoms with E-state index in [9.17, 15) is 19.8 Å². The maximum Gasteiger partial charge on any atom is 1.00 e. The summed E-state index contributed by atoms with van der Waals surface area (Å²) in [5, 5.41) is 22.6. The number of rotatable bonds is 16. The van der Waals surface area contributed by atoms with Gasteiger partial charge in [0.15, 0.2) is 0 Å². The summed E-state index contributed by atoms with van der Waals surface area (Å²) < 4.78 is 5.69. The number of benzene rings is 1. The summed E-state index contributed by atoms with van der Waals surface area (Å²) in [5.74, 6) is -1.43. The Hall–Kier alpha value is -1.08. The normalized spacial score (nSPS) is 12.5. The van der Waals surface area contributed by atoms with Crippen molar-refractivity contribution in [2.45, 2.75) is 90.2 Å². The third kappa shape index (κ3) is 12.6. The molecule has 2 atom stereocenters. The first-order valence-corrected chi connectivity index (χ1v) is 10.9. The molecule has 0 aromatic heterocycles. The topological polar surface area (TPSA) is 98.7 Å². The van der Waals surface area contributed by atoms with Gasteiger partial charge in [0.25, 0.3) is 5.91 Å². The summed E-state index contributed by atoms with van der Waals surface area (Å²) in [6.45, 7) is 4.16. The van der Waals surface area contributed by atoms with Crippen LogP contribution in [0.2, 0.25) is 0 Å². The summed E-state index contributed by atoms with van der Waals surface area (Å²) >= 11 is 0. The zero-order chi connectivity index (χ0) is 21.5. The van der Waals surface area contributed by atoms with E-state index in [0.29, 0.717) is 17.9 Å². The van der Waals surface area contributed by atoms with E-state index >= 15 is 0 Å². The van der Waals surface area contributed by atoms with Gasteiger partial charge in [0.05, 0.1) is 24.7 Å². The van der Waals surface area contributed by atoms with Crippen LogP contribution in [0.1, 0.15) is 88.4 Å². The minimum atomic E-state index is -1.52. The molecule has 0 saturated carbocycles. The average molecular weight is 430 g/mol. The molecular formula is C23H36NNaO5. The summed E-state index contributed by atoms with van der Waals surface area (Å²) in [6, 6.07) is 5.05. The molecule has 0 heterocycles. The van der Waals surface area contributed by atoms with Crippen molar-refractivity contribution in [1.82, 2.24) is 5.32 Å². The molecule has 0 aliphatic rings. The predicted molar refractivity (Wildman–Crippen MR) is 112 cm³/mol. The molecule has 1 amide bonds. The maximum absolute atomic E-state index is 12.1. The van der Waals surface area contributed by atoms with Gasteiger partial charge in [0, 0.05) is 5.56 Å². The first-order chi connectivity index (χ1) is 14.0. The predicted octanol–water partition coefficient (Wildman–Crippen LogP) is 0.219. The number of carboxylic acids is 1. The van der Waals surface area contributed by atoms with Crippen LogP contribution in [0.5, 0.6) is 5.75 Å². The second kappa shape index (κ2) is 17.6. The SMILES string of the molecule is CCCCCCCCCCCCOc1ccc(C(=O)N[C@H](C(=O)[O-])[C@@H](C)O)cc1.[Na+]. The van der Waals surface area contributed by atoms with Crippen LogP contribution in [0, 0.1) is 0 Å². The van der Waals surface area contributed by atoms with Crippen molar-refractivity contribution in [3.05, 3.63) is 29.8 Å². The minimum Gasteiger partial charge on any atom is -0.548 e. The quantitative estimate of drug-likeness (QED) is 0.289. The van der Waals surface area contributed by atoms with E-state index in [2.05, 4.69) is 12.2 Å². The molecule has 7 heteroatoms. The fraction of sp³-hybridized carbons (Fsp3) is 0.652. The Balaban J connectivity index is 0.00000841. The minimum absolute atomic E-state index is 0. The molecule has 0 unspecified atom stereocenters. The summed E-state index contributed by atoms with van der Waals surface area (Å²) in [4.78, 5) is 23.0. The van der Waals surface area contributed by atoms with Crippen LogP contribution in [-0.4, -0.2) is 35.7 Å². The molecule has 0 aliphatic carbocycles. The molecule has 0 saturated heterocycles. The zero-order valence-corrected chi connectivity index (χ0v) is 20.8. The van der Waals surface area contributed by atoms with Gasteiger partial charge in [0.2, 0.25) is 0 Å². The maximum atomic E-state index is 12.1. The zero-order valence-electron chi connectivity index (χ0n) is 18.8. The molecule has 164 valence electrons. The van der Waals surface area contributed by atoms with Crippen molar-refractivity contribution in [1.29, 1.82) is 0 Å². The fourth-order valence-corrected chi connectivity index (χ4v) is 3.08. The van der Waals surface area contributed by atoms with Gasteiger partial charge in [-0.2, -0.15) is 0 Å². The molecule has 0 aliphatic heterocycles. The Morgan fingerprint density at radius 3 is 1.93 bits per heavy atom. The average Bonchev–Trinajstić information content (AvgIpc) is 2.70. The van der Waals surface area contributed by atoms with Gasteiger partial charge in [-0.25, -0.2) is 0 Å². The first kappa shape index (κ1) is 28.9. The Morgan fingerprint density at radius 1 is 0.967 bits per heavy atom. The van der Waals surface area contributed by atoms with E-state index in [0.717, 1.165) is 12.8 Å². The molecule has 2 N–H and O–H groups in total. The largest absolute Gasteiger partial charge is 1.00 e. The van der Waals surface area contributed by atoms with Gasteiger partial charge in [-0.15, -0.1) is 0 Å². The smallest absolute Gasteiger partial charge is 0.548 e. The number of aliphatic hydroxyl groups excluding tert-OH is 1. The van der Waals surface area contributed by atoms with Crippen molar-refractivity contribution in [2.24, 2.45) is 0 Å². The molecule has 0 radical (unpaired) electrons. The first-order valence-electron chi connectivity index (χ1n) is 10.9. The van der Waals surface area contributed by atoms with Gasteiger partial charge < -0.3 is 25.1 Å². The van der Waals surface area contributed by atoms with Gasteiger partial charge in [0.1, 0.15) is 5.75 Å². The van der Waals surface area contributed by atoms with Crippen molar-refractivity contribution < 1.29 is 54.1 Å². The number of hydrogen-bond acceptors (Lipinski definition) is 5. The standard InChI is InChI=1S/C23H37NO5.Na/c1-3-4-5-6-7-8-9-10-11-12-17-29-20-15-13-19(14-16-20)22(26)24-21(18(2)25)23(27)28;/h13-16,18,21,25H,3-12,17H2,1-2H3,(H,24,26)(H,27,28);/q;+1/p-1/t18-,21+;/m1./s1. The van der Waals surface area contributed by atoms with E-state index in [4.69, 9.17) is 4.74 Å². The van der Waals surface area contributed by atoms with Crippen molar-refractivity contribution >= 4 is 11.9 Å². The Kier molecular flexibility index (Phi) is 17.0. The molecule has 0 fully saturated rings. The molecule has 6 nitrogen and oxygen atoms in total. The number of carbonyl (C=O) groups excluding carboxylic acids is 2. The number of ether oxygens (including phenoxy) is 1. The van der Waals surface area contributed by atoms with Crippen molar-refractivity contribution in [2.75, 3.05) is 6.61 Å². The number of carbonyl (C=O) groups is 2. The van der Waals surface area contributed by atoms with Crippen LogP contribution in [0.4, 0.5) is 0 Å². The molecule has 0 spiro atoms. The summed E-state index contributed by atoms with van der Waals surface area (Å²) in [5.41, 5.74) is 0.295. The second-order valence-electron chi connectivity index (χ2n) is 7.57. The van der Waals surface area contributed by atoms with Crippen LogP contribution in [0.15, 0.2) is 24.3 Å². The third-order valence-electron chi connectivity index (χ3n) is 4.91. The second-order valence-corrected chi connectivity index (χ2v) is 7.57. The molecule has 1 aromatic rings. The fourth-order valence-electron chi connectivity index (χ4n) is 3.08. The van der Waals surface area contributed by atoms with E-state index in [1.54, 1.807) is 24.3 Å². The van der Waals surface area contributed by atoms with Crippen molar-refractivity contribution in [3.63, 3.8) is 0 Å². The van der Waals surface area contributed by atoms with Gasteiger partial charge >= 0.3 is 29.6 Å². The Morgan fingerprint density at radius 2 is 1.47 bits per heavy atom. The van der Waals surface area contributed by atoms with Crippen LogP contribution in [0.25, 0.3) is 0 Å². The number of nitrogens with one attached hydrogen (secondary N) is 1. The van der Waals surface area contributed by atoms with Crippen LogP contribution in [-0.2, 0) is 4.79 Å². The number of aliphatic carboxylic acids is 1. The Bertz CT molecular complexity index is 592. The summed E-state index contributed by atoms with van der Waals surface area (Å²) in [7, 11) is 0.